The number of benzene rings is 1. The number of halogens is 3. The van der Waals surface area contributed by atoms with Crippen molar-refractivity contribution in [3.63, 3.8) is 0 Å². The standard InChI is InChI=1S/C14H17F3N2O2/c15-14(16,17)11-5-1-4-10(12(11)18)13(21)19-6-2-3-9(7-19)8-20/h1,4-5,9,20H,2-3,6-8,18H2. The average molecular weight is 302 g/mol. The lowest BCUT2D eigenvalue weighted by atomic mass is 9.97. The number of aliphatic hydroxyl groups is 1. The van der Waals surface area contributed by atoms with E-state index in [1.54, 1.807) is 0 Å². The van der Waals surface area contributed by atoms with E-state index in [1.807, 2.05) is 0 Å². The number of alkyl halides is 3. The Morgan fingerprint density at radius 1 is 1.43 bits per heavy atom. The molecule has 2 rings (SSSR count). The van der Waals surface area contributed by atoms with E-state index in [-0.39, 0.29) is 18.1 Å². The maximum atomic E-state index is 12.8. The number of piperidine rings is 1. The highest BCUT2D eigenvalue weighted by Crippen LogP contribution is 2.35. The van der Waals surface area contributed by atoms with Gasteiger partial charge in [0.05, 0.1) is 16.8 Å². The summed E-state index contributed by atoms with van der Waals surface area (Å²) in [7, 11) is 0. The first kappa shape index (κ1) is 15.6. The molecule has 0 aliphatic carbocycles. The predicted molar refractivity (Wildman–Crippen MR) is 71.6 cm³/mol. The summed E-state index contributed by atoms with van der Waals surface area (Å²) in [5.74, 6) is -0.550. The molecule has 1 heterocycles. The molecular formula is C14H17F3N2O2. The molecule has 0 spiro atoms. The lowest BCUT2D eigenvalue weighted by Gasteiger charge is -2.32. The van der Waals surface area contributed by atoms with Crippen molar-refractivity contribution >= 4 is 11.6 Å². The second-order valence-electron chi connectivity index (χ2n) is 5.21. The molecule has 1 amide bonds. The molecule has 1 unspecified atom stereocenters. The predicted octanol–water partition coefficient (Wildman–Crippen LogP) is 2.13. The normalized spacial score (nSPS) is 19.6. The molecule has 0 aromatic heterocycles. The number of carbonyl (C=O) groups excluding carboxylic acids is 1. The van der Waals surface area contributed by atoms with Crippen molar-refractivity contribution < 1.29 is 23.1 Å². The Balaban J connectivity index is 2.27. The lowest BCUT2D eigenvalue weighted by molar-refractivity contribution is -0.136. The molecule has 3 N–H and O–H groups in total. The third-order valence-corrected chi connectivity index (χ3v) is 3.71. The molecular weight excluding hydrogens is 285 g/mol. The summed E-state index contributed by atoms with van der Waals surface area (Å²) in [6.07, 6.45) is -3.07. The number of hydrogen-bond donors (Lipinski definition) is 2. The summed E-state index contributed by atoms with van der Waals surface area (Å²) < 4.78 is 38.4. The SMILES string of the molecule is Nc1c(C(=O)N2CCCC(CO)C2)cccc1C(F)(F)F. The third-order valence-electron chi connectivity index (χ3n) is 3.71. The monoisotopic (exact) mass is 302 g/mol. The van der Waals surface area contributed by atoms with E-state index in [9.17, 15) is 18.0 Å². The van der Waals surface area contributed by atoms with Crippen molar-refractivity contribution in [2.24, 2.45) is 5.92 Å². The number of para-hydroxylation sites is 1. The summed E-state index contributed by atoms with van der Waals surface area (Å²) >= 11 is 0. The van der Waals surface area contributed by atoms with Crippen molar-refractivity contribution in [1.82, 2.24) is 4.90 Å². The number of anilines is 1. The highest BCUT2D eigenvalue weighted by atomic mass is 19.4. The number of rotatable bonds is 2. The fraction of sp³-hybridized carbons (Fsp3) is 0.500. The number of hydrogen-bond acceptors (Lipinski definition) is 3. The topological polar surface area (TPSA) is 66.6 Å². The molecule has 1 atom stereocenters. The molecule has 1 saturated heterocycles. The van der Waals surface area contributed by atoms with E-state index in [1.165, 1.54) is 17.0 Å². The van der Waals surface area contributed by atoms with Crippen LogP contribution in [0.25, 0.3) is 0 Å². The van der Waals surface area contributed by atoms with E-state index >= 15 is 0 Å². The van der Waals surface area contributed by atoms with Crippen molar-refractivity contribution in [1.29, 1.82) is 0 Å². The average Bonchev–Trinajstić information content (AvgIpc) is 2.45. The van der Waals surface area contributed by atoms with Gasteiger partial charge in [-0.15, -0.1) is 0 Å². The zero-order chi connectivity index (χ0) is 15.6. The van der Waals surface area contributed by atoms with Gasteiger partial charge in [0.25, 0.3) is 5.91 Å². The number of nitrogens with zero attached hydrogens (tertiary/aromatic N) is 1. The van der Waals surface area contributed by atoms with E-state index in [4.69, 9.17) is 10.8 Å². The van der Waals surface area contributed by atoms with Crippen LogP contribution in [0.1, 0.15) is 28.8 Å². The van der Waals surface area contributed by atoms with Crippen LogP contribution < -0.4 is 5.73 Å². The van der Waals surface area contributed by atoms with Gasteiger partial charge in [-0.1, -0.05) is 6.07 Å². The maximum Gasteiger partial charge on any atom is 0.418 e. The number of likely N-dealkylation sites (tertiary alicyclic amines) is 1. The van der Waals surface area contributed by atoms with Gasteiger partial charge in [0.1, 0.15) is 0 Å². The minimum atomic E-state index is -4.59. The van der Waals surface area contributed by atoms with Crippen LogP contribution in [-0.4, -0.2) is 35.6 Å². The van der Waals surface area contributed by atoms with Crippen LogP contribution in [-0.2, 0) is 6.18 Å². The minimum absolute atomic E-state index is 0.0327. The Kier molecular flexibility index (Phi) is 4.41. The van der Waals surface area contributed by atoms with Gasteiger partial charge < -0.3 is 15.7 Å². The molecule has 0 radical (unpaired) electrons. The van der Waals surface area contributed by atoms with Crippen molar-refractivity contribution in [3.05, 3.63) is 29.3 Å². The Morgan fingerprint density at radius 2 is 2.14 bits per heavy atom. The fourth-order valence-corrected chi connectivity index (χ4v) is 2.57. The van der Waals surface area contributed by atoms with Crippen molar-refractivity contribution in [2.45, 2.75) is 19.0 Å². The van der Waals surface area contributed by atoms with Gasteiger partial charge in [-0.2, -0.15) is 13.2 Å². The second kappa shape index (κ2) is 5.93. The van der Waals surface area contributed by atoms with Gasteiger partial charge in [-0.05, 0) is 30.9 Å². The first-order chi connectivity index (χ1) is 9.84. The highest BCUT2D eigenvalue weighted by molar-refractivity contribution is 5.99. The Morgan fingerprint density at radius 3 is 2.76 bits per heavy atom. The Labute approximate surface area is 120 Å². The van der Waals surface area contributed by atoms with Crippen molar-refractivity contribution in [2.75, 3.05) is 25.4 Å². The number of amides is 1. The molecule has 116 valence electrons. The first-order valence-corrected chi connectivity index (χ1v) is 6.70. The van der Waals surface area contributed by atoms with Gasteiger partial charge in [0.15, 0.2) is 0 Å². The molecule has 0 saturated carbocycles. The molecule has 1 fully saturated rings. The van der Waals surface area contributed by atoms with Crippen LogP contribution in [0.4, 0.5) is 18.9 Å². The highest BCUT2D eigenvalue weighted by Gasteiger charge is 2.35. The molecule has 7 heteroatoms. The summed E-state index contributed by atoms with van der Waals surface area (Å²) in [6, 6.07) is 3.34. The van der Waals surface area contributed by atoms with Crippen LogP contribution in [0.15, 0.2) is 18.2 Å². The van der Waals surface area contributed by atoms with Crippen LogP contribution >= 0.6 is 0 Å². The van der Waals surface area contributed by atoms with Gasteiger partial charge in [0.2, 0.25) is 0 Å². The number of nitrogens with two attached hydrogens (primary N) is 1. The number of nitrogen functional groups attached to an aromatic ring is 1. The summed E-state index contributed by atoms with van der Waals surface area (Å²) in [4.78, 5) is 13.8. The number of carbonyl (C=O) groups is 1. The zero-order valence-corrected chi connectivity index (χ0v) is 11.4. The molecule has 1 aromatic rings. The van der Waals surface area contributed by atoms with Gasteiger partial charge in [-0.25, -0.2) is 0 Å². The Bertz CT molecular complexity index is 531. The third kappa shape index (κ3) is 3.29. The minimum Gasteiger partial charge on any atom is -0.398 e. The van der Waals surface area contributed by atoms with E-state index in [0.29, 0.717) is 13.1 Å². The van der Waals surface area contributed by atoms with E-state index < -0.39 is 23.3 Å². The summed E-state index contributed by atoms with van der Waals surface area (Å²) in [5.41, 5.74) is 3.85. The van der Waals surface area contributed by atoms with E-state index in [2.05, 4.69) is 0 Å². The van der Waals surface area contributed by atoms with Gasteiger partial charge >= 0.3 is 6.18 Å². The largest absolute Gasteiger partial charge is 0.418 e. The fourth-order valence-electron chi connectivity index (χ4n) is 2.57. The molecule has 1 aromatic carbocycles. The van der Waals surface area contributed by atoms with E-state index in [0.717, 1.165) is 18.9 Å². The lowest BCUT2D eigenvalue weighted by Crippen LogP contribution is -2.41. The number of aliphatic hydroxyl groups excluding tert-OH is 1. The van der Waals surface area contributed by atoms with Crippen molar-refractivity contribution in [3.8, 4) is 0 Å². The first-order valence-electron chi connectivity index (χ1n) is 6.70. The maximum absolute atomic E-state index is 12.8. The molecule has 21 heavy (non-hydrogen) atoms. The Hall–Kier alpha value is -1.76. The van der Waals surface area contributed by atoms with Crippen LogP contribution in [0.5, 0.6) is 0 Å². The summed E-state index contributed by atoms with van der Waals surface area (Å²) in [6.45, 7) is 0.762. The van der Waals surface area contributed by atoms with Crippen LogP contribution in [0.3, 0.4) is 0 Å². The summed E-state index contributed by atoms with van der Waals surface area (Å²) in [5, 5.41) is 9.16. The molecule has 1 aliphatic heterocycles. The van der Waals surface area contributed by atoms with Gasteiger partial charge in [-0.3, -0.25) is 4.79 Å². The zero-order valence-electron chi connectivity index (χ0n) is 11.4. The molecule has 1 aliphatic rings. The van der Waals surface area contributed by atoms with Crippen LogP contribution in [0.2, 0.25) is 0 Å². The smallest absolute Gasteiger partial charge is 0.398 e. The van der Waals surface area contributed by atoms with Gasteiger partial charge in [0, 0.05) is 19.7 Å². The van der Waals surface area contributed by atoms with Crippen LogP contribution in [0, 0.1) is 5.92 Å². The molecule has 4 nitrogen and oxygen atoms in total. The molecule has 0 bridgehead atoms. The quantitative estimate of drug-likeness (QED) is 0.823. The second-order valence-corrected chi connectivity index (χ2v) is 5.21.